The molecule has 1 unspecified atom stereocenters. The summed E-state index contributed by atoms with van der Waals surface area (Å²) in [6.45, 7) is -0.261. The summed E-state index contributed by atoms with van der Waals surface area (Å²) in [5.74, 6) is -1.80. The van der Waals surface area contributed by atoms with E-state index in [1.807, 2.05) is 6.07 Å². The molecule has 7 nitrogen and oxygen atoms in total. The first-order valence-electron chi connectivity index (χ1n) is 9.30. The first-order chi connectivity index (χ1) is 14.8. The number of amides is 2. The number of fused-ring (bicyclic) bond motifs is 1. The molecule has 0 saturated heterocycles. The predicted molar refractivity (Wildman–Crippen MR) is 118 cm³/mol. The monoisotopic (exact) mass is 456 g/mol. The van der Waals surface area contributed by atoms with Crippen LogP contribution in [0.5, 0.6) is 5.75 Å². The average molecular weight is 457 g/mol. The van der Waals surface area contributed by atoms with Gasteiger partial charge in [0.1, 0.15) is 10.6 Å². The number of carboxylic acids is 1. The molecular formula is C22H17ClN2O5S. The fraction of sp³-hybridized carbons (Fsp3) is 0.136. The molecule has 2 amide bonds. The van der Waals surface area contributed by atoms with Crippen LogP contribution in [-0.2, 0) is 9.59 Å². The number of nitrogens with one attached hydrogen (secondary N) is 1. The normalized spacial score (nSPS) is 15.1. The van der Waals surface area contributed by atoms with Gasteiger partial charge in [0.15, 0.2) is 6.61 Å². The quantitative estimate of drug-likeness (QED) is 0.515. The van der Waals surface area contributed by atoms with Gasteiger partial charge in [0.05, 0.1) is 5.69 Å². The lowest BCUT2D eigenvalue weighted by molar-refractivity contribution is -0.120. The molecule has 1 aliphatic heterocycles. The number of hydrogen-bond donors (Lipinski definition) is 3. The van der Waals surface area contributed by atoms with E-state index in [2.05, 4.69) is 5.32 Å². The van der Waals surface area contributed by atoms with Crippen molar-refractivity contribution < 1.29 is 24.2 Å². The highest BCUT2D eigenvalue weighted by Gasteiger charge is 2.34. The highest BCUT2D eigenvalue weighted by atomic mass is 35.5. The molecular weight excluding hydrogens is 440 g/mol. The Balaban J connectivity index is 1.82. The molecule has 0 saturated carbocycles. The van der Waals surface area contributed by atoms with Crippen molar-refractivity contribution >= 4 is 46.4 Å². The van der Waals surface area contributed by atoms with Crippen LogP contribution in [0, 0.1) is 0 Å². The summed E-state index contributed by atoms with van der Waals surface area (Å²) in [7, 11) is 0. The van der Waals surface area contributed by atoms with Crippen LogP contribution in [0.4, 0.5) is 5.69 Å². The van der Waals surface area contributed by atoms with Crippen LogP contribution in [0.3, 0.4) is 0 Å². The van der Waals surface area contributed by atoms with Crippen LogP contribution in [0.1, 0.15) is 32.5 Å². The first-order valence-corrected chi connectivity index (χ1v) is 10.5. The molecule has 1 atom stereocenters. The number of carboxylic acid groups (broad SMARTS) is 1. The summed E-state index contributed by atoms with van der Waals surface area (Å²) in [5, 5.41) is 13.2. The van der Waals surface area contributed by atoms with Gasteiger partial charge in [-0.2, -0.15) is 0 Å². The zero-order valence-corrected chi connectivity index (χ0v) is 17.6. The zero-order chi connectivity index (χ0) is 22.1. The summed E-state index contributed by atoms with van der Waals surface area (Å²) in [6.07, 6.45) is 0.159. The molecule has 0 spiro atoms. The van der Waals surface area contributed by atoms with Crippen molar-refractivity contribution in [2.24, 2.45) is 5.73 Å². The molecule has 0 bridgehead atoms. The van der Waals surface area contributed by atoms with Crippen LogP contribution < -0.4 is 15.8 Å². The summed E-state index contributed by atoms with van der Waals surface area (Å²) in [5.41, 5.74) is 7.52. The number of anilines is 1. The van der Waals surface area contributed by atoms with Crippen LogP contribution in [0.2, 0.25) is 5.02 Å². The van der Waals surface area contributed by atoms with Crippen molar-refractivity contribution in [3.05, 3.63) is 68.9 Å². The van der Waals surface area contributed by atoms with Gasteiger partial charge in [-0.05, 0) is 35.4 Å². The number of carbonyl (C=O) groups is 3. The Hall–Kier alpha value is -3.36. The second kappa shape index (κ2) is 8.41. The largest absolute Gasteiger partial charge is 0.484 e. The van der Waals surface area contributed by atoms with E-state index in [9.17, 15) is 19.5 Å². The van der Waals surface area contributed by atoms with Crippen molar-refractivity contribution in [3.63, 3.8) is 0 Å². The Morgan fingerprint density at radius 3 is 2.65 bits per heavy atom. The van der Waals surface area contributed by atoms with Crippen molar-refractivity contribution in [2.75, 3.05) is 11.9 Å². The maximum atomic E-state index is 12.6. The Morgan fingerprint density at radius 1 is 1.23 bits per heavy atom. The van der Waals surface area contributed by atoms with Crippen LogP contribution in [-0.4, -0.2) is 29.5 Å². The third kappa shape index (κ3) is 4.26. The first kappa shape index (κ1) is 20.9. The lowest BCUT2D eigenvalue weighted by Gasteiger charge is -2.24. The van der Waals surface area contributed by atoms with Crippen molar-refractivity contribution in [1.82, 2.24) is 0 Å². The van der Waals surface area contributed by atoms with Crippen molar-refractivity contribution in [1.29, 1.82) is 0 Å². The standard InChI is InChI=1S/C22H17ClN2O5S/c23-13-6-4-11(5-7-13)18-19-20(31-21(18)22(28)29)15(9-17(27)25-19)12-2-1-3-14(8-12)30-10-16(24)26/h1-8,15H,9-10H2,(H2,24,26)(H,25,27)(H,28,29). The number of halogens is 1. The van der Waals surface area contributed by atoms with E-state index in [0.29, 0.717) is 27.6 Å². The average Bonchev–Trinajstić information content (AvgIpc) is 3.12. The fourth-order valence-electron chi connectivity index (χ4n) is 3.57. The van der Waals surface area contributed by atoms with Crippen LogP contribution in [0.25, 0.3) is 11.1 Å². The van der Waals surface area contributed by atoms with Gasteiger partial charge in [0, 0.05) is 27.8 Å². The number of aromatic carboxylic acids is 1. The maximum Gasteiger partial charge on any atom is 0.346 e. The summed E-state index contributed by atoms with van der Waals surface area (Å²) in [6, 6.07) is 13.8. The minimum Gasteiger partial charge on any atom is -0.484 e. The number of nitrogens with two attached hydrogens (primary N) is 1. The molecule has 4 rings (SSSR count). The Kier molecular flexibility index (Phi) is 5.67. The Bertz CT molecular complexity index is 1190. The van der Waals surface area contributed by atoms with E-state index < -0.39 is 11.9 Å². The molecule has 31 heavy (non-hydrogen) atoms. The molecule has 9 heteroatoms. The fourth-order valence-corrected chi connectivity index (χ4v) is 4.95. The molecule has 2 heterocycles. The SMILES string of the molecule is NC(=O)COc1cccc(C2CC(=O)Nc3c2sc(C(=O)O)c3-c2ccc(Cl)cc2)c1. The lowest BCUT2D eigenvalue weighted by atomic mass is 9.88. The second-order valence-electron chi connectivity index (χ2n) is 6.99. The molecule has 4 N–H and O–H groups in total. The zero-order valence-electron chi connectivity index (χ0n) is 16.1. The number of carbonyl (C=O) groups excluding carboxylic acids is 2. The lowest BCUT2D eigenvalue weighted by Crippen LogP contribution is -2.22. The van der Waals surface area contributed by atoms with Gasteiger partial charge < -0.3 is 20.9 Å². The van der Waals surface area contributed by atoms with Gasteiger partial charge in [-0.1, -0.05) is 35.9 Å². The number of primary amides is 1. The van der Waals surface area contributed by atoms with E-state index in [1.165, 1.54) is 0 Å². The molecule has 1 aromatic heterocycles. The summed E-state index contributed by atoms with van der Waals surface area (Å²) < 4.78 is 5.38. The Labute approximate surface area is 186 Å². The van der Waals surface area contributed by atoms with Crippen molar-refractivity contribution in [2.45, 2.75) is 12.3 Å². The van der Waals surface area contributed by atoms with Gasteiger partial charge in [-0.3, -0.25) is 9.59 Å². The van der Waals surface area contributed by atoms with Gasteiger partial charge in [-0.15, -0.1) is 11.3 Å². The van der Waals surface area contributed by atoms with E-state index in [-0.39, 0.29) is 29.7 Å². The van der Waals surface area contributed by atoms with Gasteiger partial charge in [0.2, 0.25) is 5.91 Å². The van der Waals surface area contributed by atoms with Crippen LogP contribution >= 0.6 is 22.9 Å². The third-order valence-corrected chi connectivity index (χ3v) is 6.42. The van der Waals surface area contributed by atoms with E-state index in [0.717, 1.165) is 21.8 Å². The third-order valence-electron chi connectivity index (χ3n) is 4.87. The van der Waals surface area contributed by atoms with E-state index in [4.69, 9.17) is 22.1 Å². The summed E-state index contributed by atoms with van der Waals surface area (Å²) >= 11 is 7.12. The minimum atomic E-state index is -1.07. The van der Waals surface area contributed by atoms with Crippen LogP contribution in [0.15, 0.2) is 48.5 Å². The molecule has 0 radical (unpaired) electrons. The number of thiophene rings is 1. The maximum absolute atomic E-state index is 12.6. The molecule has 2 aromatic carbocycles. The molecule has 158 valence electrons. The van der Waals surface area contributed by atoms with Gasteiger partial charge >= 0.3 is 5.97 Å². The summed E-state index contributed by atoms with van der Waals surface area (Å²) in [4.78, 5) is 36.5. The van der Waals surface area contributed by atoms with Gasteiger partial charge in [0.25, 0.3) is 5.91 Å². The highest BCUT2D eigenvalue weighted by molar-refractivity contribution is 7.15. The highest BCUT2D eigenvalue weighted by Crippen LogP contribution is 2.49. The molecule has 3 aromatic rings. The van der Waals surface area contributed by atoms with Crippen molar-refractivity contribution in [3.8, 4) is 16.9 Å². The molecule has 1 aliphatic rings. The number of rotatable bonds is 6. The predicted octanol–water partition coefficient (Wildman–Crippen LogP) is 4.10. The minimum absolute atomic E-state index is 0.139. The van der Waals surface area contributed by atoms with E-state index >= 15 is 0 Å². The topological polar surface area (TPSA) is 119 Å². The number of benzene rings is 2. The number of hydrogen-bond acceptors (Lipinski definition) is 5. The smallest absolute Gasteiger partial charge is 0.346 e. The van der Waals surface area contributed by atoms with Gasteiger partial charge in [-0.25, -0.2) is 4.79 Å². The molecule has 0 aliphatic carbocycles. The number of ether oxygens (including phenoxy) is 1. The van der Waals surface area contributed by atoms with E-state index in [1.54, 1.807) is 42.5 Å². The Morgan fingerprint density at radius 2 is 1.97 bits per heavy atom. The molecule has 0 fully saturated rings. The second-order valence-corrected chi connectivity index (χ2v) is 8.48.